The summed E-state index contributed by atoms with van der Waals surface area (Å²) in [5.74, 6) is 0.469. The van der Waals surface area contributed by atoms with Crippen molar-refractivity contribution in [2.45, 2.75) is 50.5 Å². The summed E-state index contributed by atoms with van der Waals surface area (Å²) in [5.41, 5.74) is 4.04. The van der Waals surface area contributed by atoms with Crippen LogP contribution in [0, 0.1) is 5.41 Å². The molecule has 1 saturated carbocycles. The Morgan fingerprint density at radius 2 is 1.75 bits per heavy atom. The molecular weight excluding hydrogens is 689 g/mol. The average molecular weight is 733 g/mol. The van der Waals surface area contributed by atoms with E-state index in [4.69, 9.17) is 4.74 Å². The highest BCUT2D eigenvalue weighted by molar-refractivity contribution is 8.77. The maximum absolute atomic E-state index is 14.8. The number of hydrogen-bond donors (Lipinski definition) is 0. The molecule has 2 aliphatic heterocycles. The second-order valence-electron chi connectivity index (χ2n) is 14.4. The van der Waals surface area contributed by atoms with Gasteiger partial charge in [-0.2, -0.15) is 12.7 Å². The zero-order chi connectivity index (χ0) is 36.4. The van der Waals surface area contributed by atoms with Gasteiger partial charge in [-0.15, -0.1) is 0 Å². The summed E-state index contributed by atoms with van der Waals surface area (Å²) in [4.78, 5) is 50.1. The minimum Gasteiger partial charge on any atom is -0.497 e. The smallest absolute Gasteiger partial charge is 0.289 e. The summed E-state index contributed by atoms with van der Waals surface area (Å²) in [6, 6.07) is 11.5. The summed E-state index contributed by atoms with van der Waals surface area (Å²) < 4.78 is 36.1. The van der Waals surface area contributed by atoms with E-state index < -0.39 is 19.6 Å². The van der Waals surface area contributed by atoms with Gasteiger partial charge in [0.2, 0.25) is 11.0 Å². The first kappa shape index (κ1) is 35.3. The number of nitrogens with zero attached hydrogens (tertiary/aromatic N) is 6. The molecular formula is C37H44N6O6S2. The molecule has 14 heteroatoms. The molecule has 3 aliphatic rings. The normalized spacial score (nSPS) is 20.5. The van der Waals surface area contributed by atoms with Crippen LogP contribution in [0.15, 0.2) is 48.8 Å². The molecule has 0 N–H and O–H groups in total. The summed E-state index contributed by atoms with van der Waals surface area (Å²) in [6.07, 6.45) is 8.76. The second kappa shape index (κ2) is 13.1. The van der Waals surface area contributed by atoms with Crippen LogP contribution < -0.4 is 4.74 Å². The molecule has 2 fully saturated rings. The summed E-state index contributed by atoms with van der Waals surface area (Å²) in [7, 11) is 6.11. The molecule has 4 heterocycles. The summed E-state index contributed by atoms with van der Waals surface area (Å²) >= 11 is 0. The number of imidazole rings is 1. The van der Waals surface area contributed by atoms with Gasteiger partial charge in [0.25, 0.3) is 15.0 Å². The quantitative estimate of drug-likeness (QED) is 0.240. The van der Waals surface area contributed by atoms with Crippen molar-refractivity contribution in [3.63, 3.8) is 0 Å². The first-order chi connectivity index (χ1) is 24.3. The number of fused-ring (bicyclic) bond motifs is 7. The van der Waals surface area contributed by atoms with E-state index >= 15 is 0 Å². The molecule has 2 atom stereocenters. The van der Waals surface area contributed by atoms with Crippen LogP contribution in [-0.2, 0) is 27.4 Å². The number of amides is 2. The van der Waals surface area contributed by atoms with Crippen LogP contribution in [0.4, 0.5) is 0 Å². The van der Waals surface area contributed by atoms with Crippen LogP contribution in [0.1, 0.15) is 76.0 Å². The van der Waals surface area contributed by atoms with E-state index in [-0.39, 0.29) is 42.3 Å². The van der Waals surface area contributed by atoms with Crippen LogP contribution in [0.2, 0.25) is 0 Å². The first-order valence-corrected chi connectivity index (χ1v) is 20.0. The van der Waals surface area contributed by atoms with Crippen molar-refractivity contribution in [3.05, 3.63) is 71.3 Å². The van der Waals surface area contributed by atoms with Crippen LogP contribution in [0.3, 0.4) is 0 Å². The molecule has 1 saturated heterocycles. The van der Waals surface area contributed by atoms with Gasteiger partial charge < -0.3 is 23.7 Å². The fraction of sp³-hybridized carbons (Fsp3) is 0.459. The number of benzene rings is 2. The Morgan fingerprint density at radius 1 is 1.00 bits per heavy atom. The number of carbonyl (C=O) groups excluding carboxylic acids is 3. The predicted molar refractivity (Wildman–Crippen MR) is 197 cm³/mol. The molecule has 4 aromatic rings. The third-order valence-electron chi connectivity index (χ3n) is 11.0. The van der Waals surface area contributed by atoms with E-state index in [0.717, 1.165) is 57.7 Å². The van der Waals surface area contributed by atoms with Gasteiger partial charge in [-0.05, 0) is 60.2 Å². The number of methoxy groups -OCH3 is 1. The number of carbonyl (C=O) groups is 3. The molecule has 0 spiro atoms. The zero-order valence-electron chi connectivity index (χ0n) is 29.9. The van der Waals surface area contributed by atoms with Crippen molar-refractivity contribution in [3.8, 4) is 17.0 Å². The highest BCUT2D eigenvalue weighted by Gasteiger charge is 2.57. The van der Waals surface area contributed by atoms with Crippen molar-refractivity contribution in [2.75, 3.05) is 48.4 Å². The third-order valence-corrected chi connectivity index (χ3v) is 14.5. The zero-order valence-corrected chi connectivity index (χ0v) is 31.5. The van der Waals surface area contributed by atoms with Crippen molar-refractivity contribution in [1.82, 2.24) is 28.2 Å². The van der Waals surface area contributed by atoms with Gasteiger partial charge in [0, 0.05) is 95.2 Å². The average Bonchev–Trinajstić information content (AvgIpc) is 3.79. The van der Waals surface area contributed by atoms with E-state index in [1.165, 1.54) is 26.1 Å². The Bertz CT molecular complexity index is 2170. The number of aryl methyl sites for hydroxylation is 1. The Hall–Kier alpha value is -4.14. The standard InChI is InChI=1S/C37H44N6O6S2/c1-39(2)36(46)37-21-42(34(44)33-38-16-17-41(33)5)20-29(37)28-19-25(49-6)13-15-26(28)32-31(23-10-8-7-9-11-23)27-14-12-24(18-30(27)43(32)22-37)35(45)50-51(47,48)40(3)4/h12-19,23,29H,7-11,20-22H2,1-6H3. The molecule has 1 aliphatic carbocycles. The molecule has 2 unspecified atom stereocenters. The summed E-state index contributed by atoms with van der Waals surface area (Å²) in [5, 5.41) is 0.407. The molecule has 2 aromatic carbocycles. The minimum absolute atomic E-state index is 0.106. The fourth-order valence-corrected chi connectivity index (χ4v) is 10.4. The third kappa shape index (κ3) is 5.84. The SMILES string of the molecule is COc1ccc2c(c1)C1CN(C(=O)c3nccn3C)CC1(C(=O)N(C)C)Cn1c-2c(C2CCCCC2)c2ccc(C(=O)SS(=O)(=O)N(C)C)cc21. The van der Waals surface area contributed by atoms with Crippen molar-refractivity contribution in [1.29, 1.82) is 0 Å². The Kier molecular flexibility index (Phi) is 9.08. The second-order valence-corrected chi connectivity index (χ2v) is 18.3. The Labute approximate surface area is 302 Å². The van der Waals surface area contributed by atoms with Crippen LogP contribution >= 0.6 is 10.8 Å². The van der Waals surface area contributed by atoms with Gasteiger partial charge in [0.05, 0.1) is 29.0 Å². The minimum atomic E-state index is -3.87. The van der Waals surface area contributed by atoms with E-state index in [2.05, 4.69) is 15.6 Å². The molecule has 0 bridgehead atoms. The van der Waals surface area contributed by atoms with Crippen molar-refractivity contribution in [2.24, 2.45) is 12.5 Å². The molecule has 12 nitrogen and oxygen atoms in total. The highest BCUT2D eigenvalue weighted by Crippen LogP contribution is 2.55. The van der Waals surface area contributed by atoms with E-state index in [0.29, 0.717) is 28.9 Å². The molecule has 7 rings (SSSR count). The lowest BCUT2D eigenvalue weighted by atomic mass is 9.72. The number of likely N-dealkylation sites (tertiary alicyclic amines) is 1. The van der Waals surface area contributed by atoms with Crippen LogP contribution in [-0.4, -0.2) is 102 Å². The van der Waals surface area contributed by atoms with E-state index in [1.54, 1.807) is 67.1 Å². The molecule has 2 amide bonds. The van der Waals surface area contributed by atoms with Crippen LogP contribution in [0.25, 0.3) is 22.2 Å². The van der Waals surface area contributed by atoms with Gasteiger partial charge in [0.1, 0.15) is 5.75 Å². The molecule has 270 valence electrons. The van der Waals surface area contributed by atoms with E-state index in [9.17, 15) is 22.8 Å². The number of rotatable bonds is 7. The largest absolute Gasteiger partial charge is 0.497 e. The highest BCUT2D eigenvalue weighted by atomic mass is 33.1. The monoisotopic (exact) mass is 732 g/mol. The van der Waals surface area contributed by atoms with Gasteiger partial charge in [-0.25, -0.2) is 4.98 Å². The fourth-order valence-electron chi connectivity index (χ4n) is 8.50. The van der Waals surface area contributed by atoms with Crippen molar-refractivity contribution >= 4 is 47.7 Å². The Morgan fingerprint density at radius 3 is 2.39 bits per heavy atom. The maximum Gasteiger partial charge on any atom is 0.289 e. The predicted octanol–water partition coefficient (Wildman–Crippen LogP) is 5.11. The lowest BCUT2D eigenvalue weighted by Crippen LogP contribution is -2.48. The van der Waals surface area contributed by atoms with Crippen LogP contribution in [0.5, 0.6) is 5.75 Å². The Balaban J connectivity index is 1.50. The van der Waals surface area contributed by atoms with Gasteiger partial charge in [-0.3, -0.25) is 14.4 Å². The van der Waals surface area contributed by atoms with Crippen molar-refractivity contribution < 1.29 is 27.5 Å². The van der Waals surface area contributed by atoms with E-state index in [1.807, 2.05) is 18.2 Å². The van der Waals surface area contributed by atoms with Gasteiger partial charge >= 0.3 is 0 Å². The number of aromatic nitrogens is 3. The number of hydrogen-bond acceptors (Lipinski definition) is 8. The topological polar surface area (TPSA) is 127 Å². The van der Waals surface area contributed by atoms with Gasteiger partial charge in [0.15, 0.2) is 5.82 Å². The number of ether oxygens (including phenoxy) is 1. The first-order valence-electron chi connectivity index (χ1n) is 17.3. The maximum atomic E-state index is 14.8. The summed E-state index contributed by atoms with van der Waals surface area (Å²) in [6.45, 7) is 0.704. The van der Waals surface area contributed by atoms with Gasteiger partial charge in [-0.1, -0.05) is 25.3 Å². The lowest BCUT2D eigenvalue weighted by Gasteiger charge is -2.35. The lowest BCUT2D eigenvalue weighted by molar-refractivity contribution is -0.140. The molecule has 0 radical (unpaired) electrons. The molecule has 2 aromatic heterocycles. The molecule has 51 heavy (non-hydrogen) atoms.